The number of hydrogen-bond donors (Lipinski definition) is 1. The number of nitrogens with zero attached hydrogens (tertiary/aromatic N) is 2. The van der Waals surface area contributed by atoms with Gasteiger partial charge in [0, 0.05) is 29.2 Å². The van der Waals surface area contributed by atoms with Gasteiger partial charge >= 0.3 is 0 Å². The van der Waals surface area contributed by atoms with Crippen molar-refractivity contribution in [3.8, 4) is 11.4 Å². The molecule has 0 saturated heterocycles. The van der Waals surface area contributed by atoms with Crippen molar-refractivity contribution in [2.45, 2.75) is 31.8 Å². The second-order valence-electron chi connectivity index (χ2n) is 5.20. The molecule has 1 N–H and O–H groups in total. The van der Waals surface area contributed by atoms with Gasteiger partial charge in [0.1, 0.15) is 11.6 Å². The van der Waals surface area contributed by atoms with Crippen LogP contribution in [0.5, 0.6) is 0 Å². The van der Waals surface area contributed by atoms with Gasteiger partial charge in [-0.3, -0.25) is 0 Å². The van der Waals surface area contributed by atoms with Crippen LogP contribution in [0.1, 0.15) is 30.2 Å². The molecule has 0 bridgehead atoms. The second kappa shape index (κ2) is 6.02. The van der Waals surface area contributed by atoms with Crippen molar-refractivity contribution in [1.29, 1.82) is 0 Å². The van der Waals surface area contributed by atoms with Crippen LogP contribution in [0.15, 0.2) is 18.2 Å². The smallest absolute Gasteiger partial charge is 0.162 e. The molecule has 2 heterocycles. The van der Waals surface area contributed by atoms with E-state index in [1.807, 2.05) is 18.7 Å². The predicted octanol–water partition coefficient (Wildman–Crippen LogP) is 4.16. The summed E-state index contributed by atoms with van der Waals surface area (Å²) in [4.78, 5) is 9.31. The topological polar surface area (TPSA) is 37.8 Å². The van der Waals surface area contributed by atoms with Crippen molar-refractivity contribution in [2.24, 2.45) is 0 Å². The summed E-state index contributed by atoms with van der Waals surface area (Å²) in [5, 5.41) is 3.38. The largest absolute Gasteiger partial charge is 0.370 e. The summed E-state index contributed by atoms with van der Waals surface area (Å²) < 4.78 is 13.5. The number of thioether (sulfide) groups is 1. The zero-order valence-electron chi connectivity index (χ0n) is 12.2. The molecule has 21 heavy (non-hydrogen) atoms. The molecule has 0 radical (unpaired) electrons. The van der Waals surface area contributed by atoms with Gasteiger partial charge in [-0.15, -0.1) is 0 Å². The van der Waals surface area contributed by atoms with Crippen LogP contribution in [0.25, 0.3) is 11.4 Å². The van der Waals surface area contributed by atoms with Crippen LogP contribution in [0.2, 0.25) is 0 Å². The number of hydrogen-bond acceptors (Lipinski definition) is 4. The Labute approximate surface area is 128 Å². The quantitative estimate of drug-likeness (QED) is 0.920. The van der Waals surface area contributed by atoms with Crippen molar-refractivity contribution >= 4 is 17.6 Å². The van der Waals surface area contributed by atoms with E-state index >= 15 is 0 Å². The lowest BCUT2D eigenvalue weighted by Gasteiger charge is -2.12. The highest BCUT2D eigenvalue weighted by atomic mass is 32.2. The third-order valence-corrected chi connectivity index (χ3v) is 4.53. The highest BCUT2D eigenvalue weighted by Gasteiger charge is 2.20. The minimum Gasteiger partial charge on any atom is -0.370 e. The van der Waals surface area contributed by atoms with Gasteiger partial charge in [-0.25, -0.2) is 14.4 Å². The van der Waals surface area contributed by atoms with E-state index in [1.54, 1.807) is 6.07 Å². The Morgan fingerprint density at radius 2 is 2.14 bits per heavy atom. The van der Waals surface area contributed by atoms with E-state index in [1.165, 1.54) is 17.7 Å². The summed E-state index contributed by atoms with van der Waals surface area (Å²) in [5.74, 6) is 3.12. The van der Waals surface area contributed by atoms with Crippen LogP contribution >= 0.6 is 11.8 Å². The lowest BCUT2D eigenvalue weighted by atomic mass is 10.1. The van der Waals surface area contributed by atoms with E-state index in [-0.39, 0.29) is 5.82 Å². The first-order chi connectivity index (χ1) is 10.2. The molecule has 1 aliphatic heterocycles. The maximum Gasteiger partial charge on any atom is 0.162 e. The number of aryl methyl sites for hydroxylation is 1. The normalized spacial score (nSPS) is 13.3. The molecule has 0 fully saturated rings. The minimum atomic E-state index is -0.253. The number of anilines is 1. The number of aromatic nitrogens is 2. The Morgan fingerprint density at radius 3 is 2.95 bits per heavy atom. The SMILES string of the molecule is CCCNc1nc(-c2cc(F)ccc2C)nc2c1CSC2. The molecule has 3 rings (SSSR count). The van der Waals surface area contributed by atoms with Gasteiger partial charge in [0.2, 0.25) is 0 Å². The molecule has 0 unspecified atom stereocenters. The van der Waals surface area contributed by atoms with Crippen LogP contribution in [0.4, 0.5) is 10.2 Å². The van der Waals surface area contributed by atoms with E-state index in [4.69, 9.17) is 0 Å². The molecule has 5 heteroatoms. The molecule has 0 amide bonds. The van der Waals surface area contributed by atoms with E-state index in [0.29, 0.717) is 5.82 Å². The third kappa shape index (κ3) is 2.88. The van der Waals surface area contributed by atoms with Gasteiger partial charge in [-0.1, -0.05) is 13.0 Å². The van der Waals surface area contributed by atoms with E-state index in [2.05, 4.69) is 22.2 Å². The van der Waals surface area contributed by atoms with Crippen LogP contribution in [-0.2, 0) is 11.5 Å². The molecule has 1 aliphatic rings. The van der Waals surface area contributed by atoms with Crippen molar-refractivity contribution < 1.29 is 4.39 Å². The van der Waals surface area contributed by atoms with Crippen molar-refractivity contribution in [3.05, 3.63) is 40.8 Å². The number of rotatable bonds is 4. The maximum absolute atomic E-state index is 13.5. The van der Waals surface area contributed by atoms with Gasteiger partial charge in [-0.05, 0) is 31.0 Å². The van der Waals surface area contributed by atoms with Crippen LogP contribution in [0.3, 0.4) is 0 Å². The van der Waals surface area contributed by atoms with Crippen molar-refractivity contribution in [2.75, 3.05) is 11.9 Å². The van der Waals surface area contributed by atoms with Crippen molar-refractivity contribution in [1.82, 2.24) is 9.97 Å². The fourth-order valence-corrected chi connectivity index (χ4v) is 3.44. The second-order valence-corrected chi connectivity index (χ2v) is 6.19. The lowest BCUT2D eigenvalue weighted by molar-refractivity contribution is 0.627. The average Bonchev–Trinajstić information content (AvgIpc) is 2.95. The summed E-state index contributed by atoms with van der Waals surface area (Å²) in [5.41, 5.74) is 4.04. The summed E-state index contributed by atoms with van der Waals surface area (Å²) in [7, 11) is 0. The van der Waals surface area contributed by atoms with E-state index in [9.17, 15) is 4.39 Å². The van der Waals surface area contributed by atoms with Gasteiger partial charge in [-0.2, -0.15) is 11.8 Å². The number of fused-ring (bicyclic) bond motifs is 1. The van der Waals surface area contributed by atoms with Gasteiger partial charge in [0.15, 0.2) is 5.82 Å². The first-order valence-electron chi connectivity index (χ1n) is 7.17. The lowest BCUT2D eigenvalue weighted by Crippen LogP contribution is -2.08. The first kappa shape index (κ1) is 14.3. The summed E-state index contributed by atoms with van der Waals surface area (Å²) >= 11 is 1.85. The Morgan fingerprint density at radius 1 is 1.29 bits per heavy atom. The van der Waals surface area contributed by atoms with Gasteiger partial charge < -0.3 is 5.32 Å². The maximum atomic E-state index is 13.5. The molecule has 3 nitrogen and oxygen atoms in total. The van der Waals surface area contributed by atoms with E-state index < -0.39 is 0 Å². The fourth-order valence-electron chi connectivity index (χ4n) is 2.40. The summed E-state index contributed by atoms with van der Waals surface area (Å²) in [6, 6.07) is 4.76. The molecular formula is C16H18FN3S. The average molecular weight is 303 g/mol. The molecule has 1 aromatic heterocycles. The molecule has 110 valence electrons. The van der Waals surface area contributed by atoms with Crippen LogP contribution in [-0.4, -0.2) is 16.5 Å². The third-order valence-electron chi connectivity index (χ3n) is 3.56. The number of halogens is 1. The molecule has 1 aromatic carbocycles. The number of benzene rings is 1. The highest BCUT2D eigenvalue weighted by molar-refractivity contribution is 7.98. The standard InChI is InChI=1S/C16H18FN3S/c1-3-6-18-15-13-8-21-9-14(13)19-16(20-15)12-7-11(17)5-4-10(12)2/h4-5,7H,3,6,8-9H2,1-2H3,(H,18,19,20). The summed E-state index contributed by atoms with van der Waals surface area (Å²) in [6.45, 7) is 4.97. The molecule has 0 saturated carbocycles. The fraction of sp³-hybridized carbons (Fsp3) is 0.375. The Balaban J connectivity index is 2.08. The Bertz CT molecular complexity index is 673. The predicted molar refractivity (Wildman–Crippen MR) is 85.9 cm³/mol. The monoisotopic (exact) mass is 303 g/mol. The summed E-state index contributed by atoms with van der Waals surface area (Å²) in [6.07, 6.45) is 1.04. The highest BCUT2D eigenvalue weighted by Crippen LogP contribution is 2.35. The van der Waals surface area contributed by atoms with Crippen molar-refractivity contribution in [3.63, 3.8) is 0 Å². The van der Waals surface area contributed by atoms with Crippen LogP contribution < -0.4 is 5.32 Å². The molecule has 2 aromatic rings. The van der Waals surface area contributed by atoms with E-state index in [0.717, 1.165) is 47.1 Å². The molecule has 0 aliphatic carbocycles. The van der Waals surface area contributed by atoms with Gasteiger partial charge in [0.25, 0.3) is 0 Å². The Hall–Kier alpha value is -1.62. The zero-order valence-corrected chi connectivity index (χ0v) is 13.1. The van der Waals surface area contributed by atoms with Gasteiger partial charge in [0.05, 0.1) is 5.69 Å². The Kier molecular flexibility index (Phi) is 4.10. The molecule has 0 spiro atoms. The van der Waals surface area contributed by atoms with Crippen LogP contribution in [0, 0.1) is 12.7 Å². The number of nitrogens with one attached hydrogen (secondary N) is 1. The molecular weight excluding hydrogens is 285 g/mol. The molecule has 0 atom stereocenters. The minimum absolute atomic E-state index is 0.253. The first-order valence-corrected chi connectivity index (χ1v) is 8.32. The zero-order chi connectivity index (χ0) is 14.8.